The Morgan fingerprint density at radius 3 is 2.42 bits per heavy atom. The molecule has 1 aromatic heterocycles. The van der Waals surface area contributed by atoms with E-state index < -0.39 is 0 Å². The van der Waals surface area contributed by atoms with Crippen LogP contribution in [0.15, 0.2) is 30.3 Å². The first-order chi connectivity index (χ1) is 8.99. The highest BCUT2D eigenvalue weighted by molar-refractivity contribution is 7.12. The van der Waals surface area contributed by atoms with E-state index in [1.54, 1.807) is 0 Å². The average molecular weight is 274 g/mol. The Hall–Kier alpha value is -1.19. The van der Waals surface area contributed by atoms with Crippen molar-refractivity contribution >= 4 is 11.3 Å². The van der Waals surface area contributed by atoms with Crippen molar-refractivity contribution in [1.82, 2.24) is 10.3 Å². The number of rotatable bonds is 4. The summed E-state index contributed by atoms with van der Waals surface area (Å²) >= 11 is 1.82. The van der Waals surface area contributed by atoms with Gasteiger partial charge < -0.3 is 5.32 Å². The van der Waals surface area contributed by atoms with Crippen LogP contribution in [-0.2, 0) is 13.0 Å². The molecule has 2 aromatic rings. The van der Waals surface area contributed by atoms with Crippen LogP contribution in [0.1, 0.15) is 37.6 Å². The molecule has 0 radical (unpaired) electrons. The predicted octanol–water partition coefficient (Wildman–Crippen LogP) is 4.26. The van der Waals surface area contributed by atoms with Gasteiger partial charge in [-0.05, 0) is 27.2 Å². The third-order valence-corrected chi connectivity index (χ3v) is 4.08. The molecule has 0 spiro atoms. The maximum atomic E-state index is 4.81. The Bertz CT molecular complexity index is 523. The first-order valence-corrected chi connectivity index (χ1v) is 7.60. The number of nitrogens with one attached hydrogen (secondary N) is 1. The summed E-state index contributed by atoms with van der Waals surface area (Å²) in [5, 5.41) is 4.67. The third-order valence-electron chi connectivity index (χ3n) is 2.88. The largest absolute Gasteiger partial charge is 0.306 e. The van der Waals surface area contributed by atoms with E-state index in [0.29, 0.717) is 0 Å². The Kier molecular flexibility index (Phi) is 4.38. The van der Waals surface area contributed by atoms with Crippen molar-refractivity contribution in [1.29, 1.82) is 0 Å². The molecule has 2 nitrogen and oxygen atoms in total. The lowest BCUT2D eigenvalue weighted by Crippen LogP contribution is -2.34. The zero-order valence-electron chi connectivity index (χ0n) is 12.2. The SMILES string of the molecule is CCc1sc(CNC(C)(C)C)nc1-c1ccccc1. The van der Waals surface area contributed by atoms with E-state index in [-0.39, 0.29) is 5.54 Å². The van der Waals surface area contributed by atoms with Crippen LogP contribution in [0.2, 0.25) is 0 Å². The van der Waals surface area contributed by atoms with Crippen molar-refractivity contribution < 1.29 is 0 Å². The van der Waals surface area contributed by atoms with Crippen molar-refractivity contribution in [3.63, 3.8) is 0 Å². The quantitative estimate of drug-likeness (QED) is 0.901. The van der Waals surface area contributed by atoms with Crippen LogP contribution in [0, 0.1) is 0 Å². The minimum absolute atomic E-state index is 0.130. The second kappa shape index (κ2) is 5.85. The van der Waals surface area contributed by atoms with Crippen molar-refractivity contribution in [2.45, 2.75) is 46.2 Å². The topological polar surface area (TPSA) is 24.9 Å². The number of aryl methyl sites for hydroxylation is 1. The zero-order chi connectivity index (χ0) is 13.9. The van der Waals surface area contributed by atoms with E-state index in [9.17, 15) is 0 Å². The number of hydrogen-bond acceptors (Lipinski definition) is 3. The summed E-state index contributed by atoms with van der Waals surface area (Å²) in [7, 11) is 0. The number of hydrogen-bond donors (Lipinski definition) is 1. The number of thiazole rings is 1. The van der Waals surface area contributed by atoms with Crippen LogP contribution < -0.4 is 5.32 Å². The van der Waals surface area contributed by atoms with Crippen LogP contribution in [-0.4, -0.2) is 10.5 Å². The molecule has 0 amide bonds. The molecular formula is C16H22N2S. The second-order valence-corrected chi connectivity index (χ2v) is 6.87. The Balaban J connectivity index is 2.23. The monoisotopic (exact) mass is 274 g/mol. The number of nitrogens with zero attached hydrogens (tertiary/aromatic N) is 1. The van der Waals surface area contributed by atoms with Crippen LogP contribution in [0.3, 0.4) is 0 Å². The zero-order valence-corrected chi connectivity index (χ0v) is 13.0. The third kappa shape index (κ3) is 3.88. The van der Waals surface area contributed by atoms with E-state index in [4.69, 9.17) is 4.98 Å². The lowest BCUT2D eigenvalue weighted by molar-refractivity contribution is 0.424. The minimum atomic E-state index is 0.130. The molecule has 0 saturated carbocycles. The first kappa shape index (κ1) is 14.2. The van der Waals surface area contributed by atoms with Gasteiger partial charge in [0.25, 0.3) is 0 Å². The minimum Gasteiger partial charge on any atom is -0.306 e. The maximum Gasteiger partial charge on any atom is 0.107 e. The van der Waals surface area contributed by atoms with Gasteiger partial charge in [0.05, 0.1) is 5.69 Å². The van der Waals surface area contributed by atoms with Gasteiger partial charge in [0, 0.05) is 22.5 Å². The molecule has 2 rings (SSSR count). The summed E-state index contributed by atoms with van der Waals surface area (Å²) in [4.78, 5) is 6.18. The molecule has 1 aromatic carbocycles. The molecule has 0 fully saturated rings. The maximum absolute atomic E-state index is 4.81. The van der Waals surface area contributed by atoms with Gasteiger partial charge in [-0.15, -0.1) is 11.3 Å². The molecule has 0 unspecified atom stereocenters. The van der Waals surface area contributed by atoms with Crippen molar-refractivity contribution in [2.24, 2.45) is 0 Å². The summed E-state index contributed by atoms with van der Waals surface area (Å²) in [5.74, 6) is 0. The molecule has 0 aliphatic carbocycles. The Labute approximate surface area is 119 Å². The summed E-state index contributed by atoms with van der Waals surface area (Å²) < 4.78 is 0. The van der Waals surface area contributed by atoms with Crippen LogP contribution >= 0.6 is 11.3 Å². The van der Waals surface area contributed by atoms with Crippen molar-refractivity contribution in [3.05, 3.63) is 40.2 Å². The molecular weight excluding hydrogens is 252 g/mol. The fraction of sp³-hybridized carbons (Fsp3) is 0.438. The molecule has 0 saturated heterocycles. The lowest BCUT2D eigenvalue weighted by Gasteiger charge is -2.19. The second-order valence-electron chi connectivity index (χ2n) is 5.70. The summed E-state index contributed by atoms with van der Waals surface area (Å²) in [6.45, 7) is 9.58. The lowest BCUT2D eigenvalue weighted by atomic mass is 10.1. The molecule has 19 heavy (non-hydrogen) atoms. The highest BCUT2D eigenvalue weighted by Crippen LogP contribution is 2.28. The molecule has 0 atom stereocenters. The van der Waals surface area contributed by atoms with Crippen molar-refractivity contribution in [3.8, 4) is 11.3 Å². The standard InChI is InChI=1S/C16H22N2S/c1-5-13-15(12-9-7-6-8-10-12)18-14(19-13)11-17-16(2,3)4/h6-10,17H,5,11H2,1-4H3. The van der Waals surface area contributed by atoms with E-state index >= 15 is 0 Å². The highest BCUT2D eigenvalue weighted by atomic mass is 32.1. The molecule has 1 N–H and O–H groups in total. The van der Waals surface area contributed by atoms with Gasteiger partial charge >= 0.3 is 0 Å². The molecule has 3 heteroatoms. The van der Waals surface area contributed by atoms with E-state index in [2.05, 4.69) is 57.3 Å². The predicted molar refractivity (Wildman–Crippen MR) is 83.5 cm³/mol. The normalized spacial score (nSPS) is 11.8. The molecule has 102 valence electrons. The Morgan fingerprint density at radius 2 is 1.84 bits per heavy atom. The first-order valence-electron chi connectivity index (χ1n) is 6.78. The van der Waals surface area contributed by atoms with Gasteiger partial charge in [0.1, 0.15) is 5.01 Å². The van der Waals surface area contributed by atoms with Crippen LogP contribution in [0.5, 0.6) is 0 Å². The smallest absolute Gasteiger partial charge is 0.107 e. The van der Waals surface area contributed by atoms with E-state index in [1.165, 1.54) is 15.4 Å². The van der Waals surface area contributed by atoms with E-state index in [1.807, 2.05) is 17.4 Å². The average Bonchev–Trinajstić information content (AvgIpc) is 2.80. The van der Waals surface area contributed by atoms with Crippen LogP contribution in [0.25, 0.3) is 11.3 Å². The fourth-order valence-corrected chi connectivity index (χ4v) is 2.85. The number of aromatic nitrogens is 1. The fourth-order valence-electron chi connectivity index (χ4n) is 1.88. The van der Waals surface area contributed by atoms with Gasteiger partial charge in [-0.2, -0.15) is 0 Å². The van der Waals surface area contributed by atoms with Crippen LogP contribution in [0.4, 0.5) is 0 Å². The summed E-state index contributed by atoms with van der Waals surface area (Å²) in [5.41, 5.74) is 2.50. The summed E-state index contributed by atoms with van der Waals surface area (Å²) in [6, 6.07) is 10.5. The highest BCUT2D eigenvalue weighted by Gasteiger charge is 2.14. The van der Waals surface area contributed by atoms with Gasteiger partial charge in [0.2, 0.25) is 0 Å². The van der Waals surface area contributed by atoms with E-state index in [0.717, 1.165) is 18.7 Å². The van der Waals surface area contributed by atoms with Gasteiger partial charge in [0.15, 0.2) is 0 Å². The molecule has 1 heterocycles. The number of benzene rings is 1. The molecule has 0 bridgehead atoms. The van der Waals surface area contributed by atoms with Gasteiger partial charge in [-0.25, -0.2) is 4.98 Å². The Morgan fingerprint density at radius 1 is 1.16 bits per heavy atom. The summed E-state index contributed by atoms with van der Waals surface area (Å²) in [6.07, 6.45) is 1.04. The van der Waals surface area contributed by atoms with Crippen molar-refractivity contribution in [2.75, 3.05) is 0 Å². The molecule has 0 aliphatic rings. The molecule has 0 aliphatic heterocycles. The van der Waals surface area contributed by atoms with Gasteiger partial charge in [-0.1, -0.05) is 37.3 Å². The van der Waals surface area contributed by atoms with Gasteiger partial charge in [-0.3, -0.25) is 0 Å².